The minimum absolute atomic E-state index is 0.101. The van der Waals surface area contributed by atoms with Gasteiger partial charge in [-0.15, -0.1) is 0 Å². The van der Waals surface area contributed by atoms with Crippen LogP contribution < -0.4 is 4.74 Å². The minimum atomic E-state index is -4.22. The molecule has 0 saturated heterocycles. The van der Waals surface area contributed by atoms with Crippen LogP contribution in [0.5, 0.6) is 11.5 Å². The molecule has 1 aromatic carbocycles. The van der Waals surface area contributed by atoms with Gasteiger partial charge in [-0.25, -0.2) is 4.79 Å². The summed E-state index contributed by atoms with van der Waals surface area (Å²) < 4.78 is 21.2. The highest BCUT2D eigenvalue weighted by molar-refractivity contribution is 7.55. The fourth-order valence-electron chi connectivity index (χ4n) is 2.57. The van der Waals surface area contributed by atoms with Gasteiger partial charge in [-0.3, -0.25) is 4.57 Å². The third-order valence-corrected chi connectivity index (χ3v) is 4.34. The van der Waals surface area contributed by atoms with Crippen molar-refractivity contribution in [3.05, 3.63) is 45.8 Å². The van der Waals surface area contributed by atoms with Crippen molar-refractivity contribution in [2.24, 2.45) is 0 Å². The number of hydrogen-bond acceptors (Lipinski definition) is 5. The summed E-state index contributed by atoms with van der Waals surface area (Å²) >= 11 is 0. The summed E-state index contributed by atoms with van der Waals surface area (Å²) in [6.45, 7) is 3.56. The number of phenolic OH excluding ortho intramolecular Hbond substituents is 1. The van der Waals surface area contributed by atoms with Crippen molar-refractivity contribution in [3.63, 3.8) is 0 Å². The summed E-state index contributed by atoms with van der Waals surface area (Å²) in [5, 5.41) is 10.4. The first-order valence-electron chi connectivity index (χ1n) is 7.15. The number of cyclic esters (lactones) is 1. The van der Waals surface area contributed by atoms with Crippen LogP contribution in [0.4, 0.5) is 0 Å². The Hall–Kier alpha value is -2.08. The fourth-order valence-corrected chi connectivity index (χ4v) is 3.00. The predicted molar refractivity (Wildman–Crippen MR) is 87.2 cm³/mol. The molecule has 0 spiro atoms. The molecule has 0 radical (unpaired) electrons. The zero-order valence-electron chi connectivity index (χ0n) is 13.6. The normalized spacial score (nSPS) is 14.9. The van der Waals surface area contributed by atoms with Gasteiger partial charge in [0, 0.05) is 16.9 Å². The minimum Gasteiger partial charge on any atom is -0.507 e. The van der Waals surface area contributed by atoms with E-state index in [1.807, 2.05) is 0 Å². The maximum absolute atomic E-state index is 11.8. The van der Waals surface area contributed by atoms with E-state index >= 15 is 0 Å². The number of carbonyl (C=O) groups is 1. The van der Waals surface area contributed by atoms with E-state index in [1.54, 1.807) is 19.9 Å². The summed E-state index contributed by atoms with van der Waals surface area (Å²) in [6, 6.07) is 0. The Bertz CT molecular complexity index is 786. The van der Waals surface area contributed by atoms with Gasteiger partial charge >= 0.3 is 13.6 Å². The van der Waals surface area contributed by atoms with Crippen molar-refractivity contribution < 1.29 is 33.7 Å². The average molecular weight is 354 g/mol. The Balaban J connectivity index is 2.42. The molecule has 3 N–H and O–H groups in total. The molecule has 24 heavy (non-hydrogen) atoms. The van der Waals surface area contributed by atoms with Gasteiger partial charge in [0.1, 0.15) is 23.7 Å². The lowest BCUT2D eigenvalue weighted by Gasteiger charge is -2.15. The molecule has 0 aromatic heterocycles. The van der Waals surface area contributed by atoms with Crippen LogP contribution in [-0.2, 0) is 22.3 Å². The molecule has 0 amide bonds. The third kappa shape index (κ3) is 3.70. The van der Waals surface area contributed by atoms with Crippen molar-refractivity contribution >= 4 is 13.6 Å². The van der Waals surface area contributed by atoms with E-state index in [0.717, 1.165) is 11.4 Å². The van der Waals surface area contributed by atoms with Crippen molar-refractivity contribution in [1.29, 1.82) is 0 Å². The number of phenols is 1. The van der Waals surface area contributed by atoms with Crippen molar-refractivity contribution in [2.45, 2.75) is 26.9 Å². The first-order chi connectivity index (χ1) is 11.2. The second-order valence-corrected chi connectivity index (χ2v) is 6.95. The maximum Gasteiger partial charge on any atom is 0.349 e. The first-order valence-corrected chi connectivity index (χ1v) is 8.83. The highest BCUT2D eigenvalue weighted by Crippen LogP contribution is 2.42. The number of rotatable bonds is 5. The number of esters is 1. The van der Waals surface area contributed by atoms with E-state index in [0.29, 0.717) is 22.4 Å². The van der Waals surface area contributed by atoms with E-state index in [1.165, 1.54) is 13.2 Å². The van der Waals surface area contributed by atoms with Crippen molar-refractivity contribution in [3.8, 4) is 11.5 Å². The van der Waals surface area contributed by atoms with Gasteiger partial charge in [-0.2, -0.15) is 0 Å². The number of aromatic hydroxyl groups is 1. The molecule has 0 bridgehead atoms. The second kappa shape index (κ2) is 6.81. The highest BCUT2D eigenvalue weighted by Gasteiger charge is 2.31. The van der Waals surface area contributed by atoms with E-state index in [4.69, 9.17) is 19.3 Å². The largest absolute Gasteiger partial charge is 0.507 e. The molecule has 0 aliphatic carbocycles. The average Bonchev–Trinajstić information content (AvgIpc) is 2.89. The van der Waals surface area contributed by atoms with E-state index in [2.05, 4.69) is 0 Å². The molecule has 0 unspecified atom stereocenters. The SMILES string of the molecule is COc1c(C)c2c(c(O)c1CC=C(C)C=CP(=O)(O)O)C(=O)OC2. The smallest absolute Gasteiger partial charge is 0.349 e. The van der Waals surface area contributed by atoms with E-state index in [9.17, 15) is 14.5 Å². The molecular weight excluding hydrogens is 335 g/mol. The first kappa shape index (κ1) is 18.3. The van der Waals surface area contributed by atoms with Gasteiger partial charge in [0.05, 0.1) is 7.11 Å². The standard InChI is InChI=1S/C16H19O7P/c1-9(6-7-24(19,20)21)4-5-11-14(17)13-12(8-23-16(13)18)10(2)15(11)22-3/h4,6-7,17H,5,8H2,1-3H3,(H2,19,20,21). The summed E-state index contributed by atoms with van der Waals surface area (Å²) in [7, 11) is -2.75. The summed E-state index contributed by atoms with van der Waals surface area (Å²) in [6.07, 6.45) is 3.21. The Morgan fingerprint density at radius 1 is 1.42 bits per heavy atom. The summed E-state index contributed by atoms with van der Waals surface area (Å²) in [5.74, 6) is 0.517. The van der Waals surface area contributed by atoms with Crippen LogP contribution in [0.1, 0.15) is 34.0 Å². The number of carbonyl (C=O) groups excluding carboxylic acids is 1. The third-order valence-electron chi connectivity index (χ3n) is 3.81. The molecule has 1 aromatic rings. The molecule has 2 rings (SSSR count). The molecule has 130 valence electrons. The Morgan fingerprint density at radius 2 is 2.08 bits per heavy atom. The number of methoxy groups -OCH3 is 1. The zero-order chi connectivity index (χ0) is 18.1. The number of fused-ring (bicyclic) bond motifs is 1. The Kier molecular flexibility index (Phi) is 5.18. The van der Waals surface area contributed by atoms with Crippen LogP contribution in [0.15, 0.2) is 23.5 Å². The maximum atomic E-state index is 11.8. The molecule has 1 heterocycles. The summed E-state index contributed by atoms with van der Waals surface area (Å²) in [5.41, 5.74) is 2.51. The predicted octanol–water partition coefficient (Wildman–Crippen LogP) is 2.56. The molecule has 1 aliphatic rings. The van der Waals surface area contributed by atoms with Crippen molar-refractivity contribution in [1.82, 2.24) is 0 Å². The number of benzene rings is 1. The van der Waals surface area contributed by atoms with Gasteiger partial charge < -0.3 is 24.4 Å². The van der Waals surface area contributed by atoms with Crippen LogP contribution in [0, 0.1) is 6.92 Å². The van der Waals surface area contributed by atoms with Gasteiger partial charge in [0.2, 0.25) is 0 Å². The molecule has 0 atom stereocenters. The monoisotopic (exact) mass is 354 g/mol. The van der Waals surface area contributed by atoms with Gasteiger partial charge in [-0.05, 0) is 25.8 Å². The highest BCUT2D eigenvalue weighted by atomic mass is 31.2. The Morgan fingerprint density at radius 3 is 2.67 bits per heavy atom. The number of hydrogen-bond donors (Lipinski definition) is 3. The van der Waals surface area contributed by atoms with Gasteiger partial charge in [-0.1, -0.05) is 17.7 Å². The second-order valence-electron chi connectivity index (χ2n) is 5.47. The van der Waals surface area contributed by atoms with Crippen LogP contribution in [-0.4, -0.2) is 28.0 Å². The molecule has 7 nitrogen and oxygen atoms in total. The molecular formula is C16H19O7P. The molecule has 0 saturated carbocycles. The van der Waals surface area contributed by atoms with Crippen molar-refractivity contribution in [2.75, 3.05) is 7.11 Å². The van der Waals surface area contributed by atoms with Gasteiger partial charge in [0.25, 0.3) is 0 Å². The Labute approximate surface area is 139 Å². The van der Waals surface area contributed by atoms with Crippen LogP contribution in [0.3, 0.4) is 0 Å². The van der Waals surface area contributed by atoms with Crippen LogP contribution in [0.25, 0.3) is 0 Å². The van der Waals surface area contributed by atoms with E-state index in [-0.39, 0.29) is 24.3 Å². The zero-order valence-corrected chi connectivity index (χ0v) is 14.5. The van der Waals surface area contributed by atoms with Crippen LogP contribution in [0.2, 0.25) is 0 Å². The number of ether oxygens (including phenoxy) is 2. The molecule has 8 heteroatoms. The lowest BCUT2D eigenvalue weighted by molar-refractivity contribution is 0.0533. The topological polar surface area (TPSA) is 113 Å². The number of allylic oxidation sites excluding steroid dienone is 3. The van der Waals surface area contributed by atoms with E-state index < -0.39 is 13.6 Å². The fraction of sp³-hybridized carbons (Fsp3) is 0.312. The summed E-state index contributed by atoms with van der Waals surface area (Å²) in [4.78, 5) is 29.5. The lowest BCUT2D eigenvalue weighted by atomic mass is 9.95. The van der Waals surface area contributed by atoms with Crippen LogP contribution >= 0.6 is 7.60 Å². The quantitative estimate of drug-likeness (QED) is 0.423. The molecule has 1 aliphatic heterocycles. The lowest BCUT2D eigenvalue weighted by Crippen LogP contribution is -2.03. The molecule has 0 fully saturated rings. The van der Waals surface area contributed by atoms with Gasteiger partial charge in [0.15, 0.2) is 0 Å².